The average Bonchev–Trinajstić information content (AvgIpc) is 2.25. The third-order valence-electron chi connectivity index (χ3n) is 3.20. The topological polar surface area (TPSA) is 0 Å². The van der Waals surface area contributed by atoms with Gasteiger partial charge in [-0.3, -0.25) is 0 Å². The van der Waals surface area contributed by atoms with Crippen LogP contribution in [0.2, 0.25) is 0 Å². The monoisotopic (exact) mass is 226 g/mol. The molecule has 0 nitrogen and oxygen atoms in total. The molecule has 0 aromatic rings. The fourth-order valence-electron chi connectivity index (χ4n) is 1.64. The molecule has 98 valence electrons. The van der Waals surface area contributed by atoms with Crippen LogP contribution in [0.3, 0.4) is 0 Å². The van der Waals surface area contributed by atoms with Crippen molar-refractivity contribution >= 4 is 0 Å². The fraction of sp³-hybridized carbons (Fsp3) is 0.875. The second-order valence-corrected chi connectivity index (χ2v) is 5.42. The lowest BCUT2D eigenvalue weighted by Gasteiger charge is -2.20. The zero-order valence-corrected chi connectivity index (χ0v) is 12.8. The Morgan fingerprint density at radius 1 is 0.875 bits per heavy atom. The largest absolute Gasteiger partial charge is 0.100 e. The van der Waals surface area contributed by atoms with Crippen LogP contribution >= 0.6 is 0 Å². The summed E-state index contributed by atoms with van der Waals surface area (Å²) >= 11 is 0. The first-order valence-corrected chi connectivity index (χ1v) is 7.07. The molecule has 0 aliphatic heterocycles. The summed E-state index contributed by atoms with van der Waals surface area (Å²) < 4.78 is 0. The van der Waals surface area contributed by atoms with Crippen LogP contribution in [-0.4, -0.2) is 0 Å². The van der Waals surface area contributed by atoms with E-state index in [1.165, 1.54) is 31.3 Å². The van der Waals surface area contributed by atoms with Crippen LogP contribution in [0.25, 0.3) is 0 Å². The average molecular weight is 226 g/mol. The minimum Gasteiger partial charge on any atom is -0.100 e. The molecule has 0 N–H and O–H groups in total. The van der Waals surface area contributed by atoms with Crippen molar-refractivity contribution in [3.8, 4) is 0 Å². The molecule has 0 saturated heterocycles. The van der Waals surface area contributed by atoms with Gasteiger partial charge in [0.25, 0.3) is 0 Å². The van der Waals surface area contributed by atoms with Crippen molar-refractivity contribution < 1.29 is 0 Å². The summed E-state index contributed by atoms with van der Waals surface area (Å²) in [5, 5.41) is 0. The molecular weight excluding hydrogens is 192 g/mol. The van der Waals surface area contributed by atoms with Gasteiger partial charge in [-0.2, -0.15) is 0 Å². The lowest BCUT2D eigenvalue weighted by atomic mass is 9.86. The van der Waals surface area contributed by atoms with Gasteiger partial charge in [-0.05, 0) is 37.5 Å². The minimum absolute atomic E-state index is 0.852. The number of hydrogen-bond acceptors (Lipinski definition) is 0. The first kappa shape index (κ1) is 18.1. The molecule has 0 bridgehead atoms. The summed E-state index contributed by atoms with van der Waals surface area (Å²) in [6.45, 7) is 19.5. The van der Waals surface area contributed by atoms with Gasteiger partial charge in [0, 0.05) is 0 Å². The molecule has 0 heterocycles. The van der Waals surface area contributed by atoms with E-state index in [9.17, 15) is 0 Å². The van der Waals surface area contributed by atoms with Crippen molar-refractivity contribution in [1.82, 2.24) is 0 Å². The second kappa shape index (κ2) is 11.2. The van der Waals surface area contributed by atoms with Crippen molar-refractivity contribution in [1.29, 1.82) is 0 Å². The normalized spacial score (nSPS) is 14.0. The van der Waals surface area contributed by atoms with Crippen LogP contribution in [0.5, 0.6) is 0 Å². The highest BCUT2D eigenvalue weighted by Gasteiger charge is 2.12. The number of hydrogen-bond donors (Lipinski definition) is 0. The molecule has 2 atom stereocenters. The quantitative estimate of drug-likeness (QED) is 0.462. The summed E-state index contributed by atoms with van der Waals surface area (Å²) in [5.41, 5.74) is 1.33. The molecule has 0 heteroatoms. The van der Waals surface area contributed by atoms with Crippen LogP contribution in [0.15, 0.2) is 12.2 Å². The number of rotatable bonds is 7. The van der Waals surface area contributed by atoms with E-state index in [1.807, 2.05) is 13.8 Å². The Kier molecular flexibility index (Phi) is 12.7. The van der Waals surface area contributed by atoms with Gasteiger partial charge in [-0.1, -0.05) is 60.0 Å². The van der Waals surface area contributed by atoms with E-state index in [4.69, 9.17) is 0 Å². The van der Waals surface area contributed by atoms with E-state index < -0.39 is 0 Å². The summed E-state index contributed by atoms with van der Waals surface area (Å²) in [5.74, 6) is 2.58. The van der Waals surface area contributed by atoms with Gasteiger partial charge in [0.15, 0.2) is 0 Å². The molecule has 0 aliphatic carbocycles. The van der Waals surface area contributed by atoms with Crippen molar-refractivity contribution in [2.75, 3.05) is 0 Å². The maximum absolute atomic E-state index is 3.96. The van der Waals surface area contributed by atoms with Gasteiger partial charge in [-0.15, -0.1) is 6.58 Å². The lowest BCUT2D eigenvalue weighted by molar-refractivity contribution is 0.321. The molecule has 0 amide bonds. The zero-order valence-electron chi connectivity index (χ0n) is 12.8. The predicted molar refractivity (Wildman–Crippen MR) is 77.8 cm³/mol. The molecule has 0 spiro atoms. The van der Waals surface area contributed by atoms with Crippen molar-refractivity contribution in [2.24, 2.45) is 17.8 Å². The van der Waals surface area contributed by atoms with Gasteiger partial charge in [0.05, 0.1) is 0 Å². The molecule has 0 saturated carbocycles. The molecule has 0 radical (unpaired) electrons. The summed E-state index contributed by atoms with van der Waals surface area (Å²) in [4.78, 5) is 0. The van der Waals surface area contributed by atoms with Crippen LogP contribution in [0.1, 0.15) is 74.1 Å². The fourth-order valence-corrected chi connectivity index (χ4v) is 1.64. The van der Waals surface area contributed by atoms with Gasteiger partial charge < -0.3 is 0 Å². The van der Waals surface area contributed by atoms with E-state index >= 15 is 0 Å². The minimum atomic E-state index is 0.852. The van der Waals surface area contributed by atoms with Gasteiger partial charge >= 0.3 is 0 Å². The summed E-state index contributed by atoms with van der Waals surface area (Å²) in [6, 6.07) is 0. The lowest BCUT2D eigenvalue weighted by Crippen LogP contribution is -2.09. The standard InChI is InChI=1S/C14H28.C2H6/c1-11(2)7-9-13(5)14(6)10-8-12(3)4;1-2/h12-14H,1,7-10H2,2-6H3;1-2H3. The number of allylic oxidation sites excluding steroid dienone is 1. The second-order valence-electron chi connectivity index (χ2n) is 5.42. The molecule has 0 rings (SSSR count). The molecular formula is C16H34. The third kappa shape index (κ3) is 11.8. The van der Waals surface area contributed by atoms with Gasteiger partial charge in [-0.25, -0.2) is 0 Å². The Morgan fingerprint density at radius 2 is 1.31 bits per heavy atom. The van der Waals surface area contributed by atoms with Crippen molar-refractivity contribution in [2.45, 2.75) is 74.1 Å². The Balaban J connectivity index is 0. The van der Waals surface area contributed by atoms with Crippen LogP contribution in [0.4, 0.5) is 0 Å². The van der Waals surface area contributed by atoms with E-state index in [2.05, 4.69) is 41.2 Å². The highest BCUT2D eigenvalue weighted by molar-refractivity contribution is 4.88. The molecule has 0 aliphatic rings. The van der Waals surface area contributed by atoms with E-state index in [0.717, 1.165) is 17.8 Å². The Hall–Kier alpha value is -0.260. The molecule has 0 fully saturated rings. The third-order valence-corrected chi connectivity index (χ3v) is 3.20. The highest BCUT2D eigenvalue weighted by Crippen LogP contribution is 2.24. The maximum Gasteiger partial charge on any atom is -0.0323 e. The first-order valence-electron chi connectivity index (χ1n) is 7.07. The zero-order chi connectivity index (χ0) is 13.1. The molecule has 0 aromatic carbocycles. The maximum atomic E-state index is 3.96. The highest BCUT2D eigenvalue weighted by atomic mass is 14.2. The first-order chi connectivity index (χ1) is 7.43. The van der Waals surface area contributed by atoms with E-state index in [-0.39, 0.29) is 0 Å². The smallest absolute Gasteiger partial charge is 0.0323 e. The van der Waals surface area contributed by atoms with Crippen LogP contribution in [-0.2, 0) is 0 Å². The van der Waals surface area contributed by atoms with E-state index in [0.29, 0.717) is 0 Å². The van der Waals surface area contributed by atoms with Crippen molar-refractivity contribution in [3.05, 3.63) is 12.2 Å². The molecule has 16 heavy (non-hydrogen) atoms. The predicted octanol–water partition coefficient (Wildman–Crippen LogP) is 6.08. The molecule has 0 aromatic heterocycles. The van der Waals surface area contributed by atoms with Gasteiger partial charge in [0.2, 0.25) is 0 Å². The molecule has 2 unspecified atom stereocenters. The Bertz CT molecular complexity index is 155. The SMILES string of the molecule is C=C(C)CCC(C)C(C)CCC(C)C.CC. The van der Waals surface area contributed by atoms with E-state index in [1.54, 1.807) is 0 Å². The van der Waals surface area contributed by atoms with Crippen LogP contribution in [0, 0.1) is 17.8 Å². The van der Waals surface area contributed by atoms with Crippen molar-refractivity contribution in [3.63, 3.8) is 0 Å². The Labute approximate surface area is 105 Å². The van der Waals surface area contributed by atoms with Crippen LogP contribution < -0.4 is 0 Å². The summed E-state index contributed by atoms with van der Waals surface area (Å²) in [7, 11) is 0. The van der Waals surface area contributed by atoms with Gasteiger partial charge in [0.1, 0.15) is 0 Å². The summed E-state index contributed by atoms with van der Waals surface area (Å²) in [6.07, 6.45) is 5.27. The Morgan fingerprint density at radius 3 is 1.69 bits per heavy atom.